The molecule has 4 rings (SSSR count). The molecule has 0 atom stereocenters. The second kappa shape index (κ2) is 11.1. The number of rotatable bonds is 8. The van der Waals surface area contributed by atoms with Crippen molar-refractivity contribution < 1.29 is 14.3 Å². The number of ether oxygens (including phenoxy) is 2. The van der Waals surface area contributed by atoms with Gasteiger partial charge in [-0.1, -0.05) is 18.5 Å². The smallest absolute Gasteiger partial charge is 0.254 e. The Morgan fingerprint density at radius 1 is 0.971 bits per heavy atom. The maximum Gasteiger partial charge on any atom is 0.254 e. The summed E-state index contributed by atoms with van der Waals surface area (Å²) in [5.41, 5.74) is 2.32. The highest BCUT2D eigenvalue weighted by molar-refractivity contribution is 6.30. The molecule has 2 aromatic carbocycles. The number of carbonyl (C=O) groups excluding carboxylic acids is 1. The molecule has 1 fully saturated rings. The van der Waals surface area contributed by atoms with Gasteiger partial charge >= 0.3 is 0 Å². The van der Waals surface area contributed by atoms with E-state index in [1.807, 2.05) is 67.3 Å². The number of fused-ring (bicyclic) bond motifs is 1. The lowest BCUT2D eigenvalue weighted by molar-refractivity contribution is 0.0593. The van der Waals surface area contributed by atoms with Gasteiger partial charge in [0.1, 0.15) is 16.7 Å². The van der Waals surface area contributed by atoms with Crippen molar-refractivity contribution in [3.05, 3.63) is 64.8 Å². The van der Waals surface area contributed by atoms with Crippen LogP contribution in [-0.4, -0.2) is 35.0 Å². The van der Waals surface area contributed by atoms with Gasteiger partial charge in [0.15, 0.2) is 0 Å². The van der Waals surface area contributed by atoms with Gasteiger partial charge in [-0.2, -0.15) is 0 Å². The van der Waals surface area contributed by atoms with Crippen molar-refractivity contribution in [1.29, 1.82) is 0 Å². The number of nitrogens with zero attached hydrogens (tertiary/aromatic N) is 2. The molecule has 0 bridgehead atoms. The molecule has 180 valence electrons. The number of hydrogen-bond acceptors (Lipinski definition) is 4. The number of carbonyl (C=O) groups is 1. The predicted octanol–water partition coefficient (Wildman–Crippen LogP) is 6.91. The first-order valence-corrected chi connectivity index (χ1v) is 12.6. The third-order valence-electron chi connectivity index (χ3n) is 6.56. The monoisotopic (exact) mass is 480 g/mol. The predicted molar refractivity (Wildman–Crippen MR) is 137 cm³/mol. The fourth-order valence-electron chi connectivity index (χ4n) is 4.67. The van der Waals surface area contributed by atoms with Crippen molar-refractivity contribution in [2.75, 3.05) is 13.2 Å². The first-order valence-electron chi connectivity index (χ1n) is 12.2. The maximum absolute atomic E-state index is 13.7. The standard InChI is InChI=1S/C28H33ClN2O3/c1-4-33-24-12-8-20(9-13-24)28(32)31(23-10-6-19(3)7-11-23)18-22-16-21-17-25(34-5-2)14-15-26(21)30-27(22)29/h8-9,12-17,19,23H,4-7,10-11,18H2,1-3H3. The summed E-state index contributed by atoms with van der Waals surface area (Å²) in [4.78, 5) is 20.3. The average molecular weight is 481 g/mol. The molecule has 1 amide bonds. The van der Waals surface area contributed by atoms with Gasteiger partial charge < -0.3 is 14.4 Å². The molecule has 6 heteroatoms. The van der Waals surface area contributed by atoms with Crippen molar-refractivity contribution >= 4 is 28.4 Å². The number of hydrogen-bond donors (Lipinski definition) is 0. The van der Waals surface area contributed by atoms with Crippen LogP contribution in [0.2, 0.25) is 5.15 Å². The first kappa shape index (κ1) is 24.3. The summed E-state index contributed by atoms with van der Waals surface area (Å²) in [7, 11) is 0. The van der Waals surface area contributed by atoms with Crippen molar-refractivity contribution in [3.63, 3.8) is 0 Å². The van der Waals surface area contributed by atoms with E-state index >= 15 is 0 Å². The Kier molecular flexibility index (Phi) is 7.94. The van der Waals surface area contributed by atoms with E-state index in [9.17, 15) is 4.79 Å². The van der Waals surface area contributed by atoms with Crippen molar-refractivity contribution in [3.8, 4) is 11.5 Å². The van der Waals surface area contributed by atoms with Gasteiger partial charge in [-0.05, 0) is 94.0 Å². The minimum atomic E-state index is 0.0156. The van der Waals surface area contributed by atoms with Crippen molar-refractivity contribution in [1.82, 2.24) is 9.88 Å². The van der Waals surface area contributed by atoms with Crippen LogP contribution in [-0.2, 0) is 6.54 Å². The number of aromatic nitrogens is 1. The quantitative estimate of drug-likeness (QED) is 0.329. The lowest BCUT2D eigenvalue weighted by Gasteiger charge is -2.36. The van der Waals surface area contributed by atoms with Crippen LogP contribution in [0.4, 0.5) is 0 Å². The van der Waals surface area contributed by atoms with Crippen LogP contribution in [0, 0.1) is 5.92 Å². The summed E-state index contributed by atoms with van der Waals surface area (Å²) in [6.07, 6.45) is 4.24. The number of amides is 1. The van der Waals surface area contributed by atoms with E-state index in [2.05, 4.69) is 11.9 Å². The molecule has 1 aliphatic carbocycles. The molecule has 1 aliphatic rings. The van der Waals surface area contributed by atoms with Crippen LogP contribution in [0.1, 0.15) is 62.4 Å². The van der Waals surface area contributed by atoms with Gasteiger partial charge in [0, 0.05) is 29.1 Å². The normalized spacial score (nSPS) is 18.0. The molecule has 5 nitrogen and oxygen atoms in total. The third kappa shape index (κ3) is 5.64. The van der Waals surface area contributed by atoms with Gasteiger partial charge in [0.05, 0.1) is 18.7 Å². The van der Waals surface area contributed by atoms with Gasteiger partial charge in [-0.3, -0.25) is 4.79 Å². The zero-order chi connectivity index (χ0) is 24.1. The Hall–Kier alpha value is -2.79. The van der Waals surface area contributed by atoms with E-state index in [1.165, 1.54) is 0 Å². The molecule has 1 saturated carbocycles. The Morgan fingerprint density at radius 2 is 1.62 bits per heavy atom. The Bertz CT molecular complexity index is 1120. The number of benzene rings is 2. The van der Waals surface area contributed by atoms with Crippen molar-refractivity contribution in [2.45, 2.75) is 59.0 Å². The molecule has 0 unspecified atom stereocenters. The summed E-state index contributed by atoms with van der Waals surface area (Å²) < 4.78 is 11.2. The second-order valence-corrected chi connectivity index (χ2v) is 9.39. The molecule has 0 saturated heterocycles. The number of halogens is 1. The van der Waals surface area contributed by atoms with E-state index in [4.69, 9.17) is 21.1 Å². The first-order chi connectivity index (χ1) is 16.5. The largest absolute Gasteiger partial charge is 0.494 e. The lowest BCUT2D eigenvalue weighted by Crippen LogP contribution is -2.41. The van der Waals surface area contributed by atoms with Gasteiger partial charge in [0.2, 0.25) is 0 Å². The van der Waals surface area contributed by atoms with Gasteiger partial charge in [0.25, 0.3) is 5.91 Å². The Balaban J connectivity index is 1.65. The van der Waals surface area contributed by atoms with E-state index < -0.39 is 0 Å². The summed E-state index contributed by atoms with van der Waals surface area (Å²) in [5.74, 6) is 2.28. The minimum absolute atomic E-state index is 0.0156. The van der Waals surface area contributed by atoms with Crippen LogP contribution < -0.4 is 9.47 Å². The third-order valence-corrected chi connectivity index (χ3v) is 6.89. The molecule has 0 spiro atoms. The van der Waals surface area contributed by atoms with Crippen LogP contribution in [0.25, 0.3) is 10.9 Å². The lowest BCUT2D eigenvalue weighted by atomic mass is 9.86. The molecule has 1 heterocycles. The summed E-state index contributed by atoms with van der Waals surface area (Å²) in [5, 5.41) is 1.39. The topological polar surface area (TPSA) is 51.7 Å². The molecule has 34 heavy (non-hydrogen) atoms. The fourth-order valence-corrected chi connectivity index (χ4v) is 4.88. The van der Waals surface area contributed by atoms with Gasteiger partial charge in [-0.15, -0.1) is 0 Å². The van der Waals surface area contributed by atoms with E-state index in [0.717, 1.165) is 53.6 Å². The number of pyridine rings is 1. The highest BCUT2D eigenvalue weighted by Gasteiger charge is 2.29. The van der Waals surface area contributed by atoms with Crippen LogP contribution in [0.3, 0.4) is 0 Å². The molecular weight excluding hydrogens is 448 g/mol. The highest BCUT2D eigenvalue weighted by Crippen LogP contribution is 2.31. The highest BCUT2D eigenvalue weighted by atomic mass is 35.5. The summed E-state index contributed by atoms with van der Waals surface area (Å²) in [6.45, 7) is 7.82. The molecule has 3 aromatic rings. The van der Waals surface area contributed by atoms with Crippen LogP contribution in [0.15, 0.2) is 48.5 Å². The van der Waals surface area contributed by atoms with Gasteiger partial charge in [-0.25, -0.2) is 4.98 Å². The van der Waals surface area contributed by atoms with Crippen LogP contribution >= 0.6 is 11.6 Å². The molecule has 0 radical (unpaired) electrons. The van der Waals surface area contributed by atoms with E-state index in [1.54, 1.807) is 0 Å². The summed E-state index contributed by atoms with van der Waals surface area (Å²) >= 11 is 6.62. The molecule has 0 aliphatic heterocycles. The Labute approximate surface area is 207 Å². The van der Waals surface area contributed by atoms with E-state index in [0.29, 0.717) is 36.4 Å². The van der Waals surface area contributed by atoms with Crippen LogP contribution in [0.5, 0.6) is 11.5 Å². The molecular formula is C28H33ClN2O3. The fraction of sp³-hybridized carbons (Fsp3) is 0.429. The minimum Gasteiger partial charge on any atom is -0.494 e. The Morgan fingerprint density at radius 3 is 2.29 bits per heavy atom. The average Bonchev–Trinajstić information content (AvgIpc) is 2.84. The molecule has 1 aromatic heterocycles. The maximum atomic E-state index is 13.7. The second-order valence-electron chi connectivity index (χ2n) is 9.03. The zero-order valence-corrected chi connectivity index (χ0v) is 21.0. The zero-order valence-electron chi connectivity index (χ0n) is 20.2. The molecule has 0 N–H and O–H groups in total. The van der Waals surface area contributed by atoms with Crippen molar-refractivity contribution in [2.24, 2.45) is 5.92 Å². The SMILES string of the molecule is CCOc1ccc(C(=O)N(Cc2cc3cc(OCC)ccc3nc2Cl)C2CCC(C)CC2)cc1. The summed E-state index contributed by atoms with van der Waals surface area (Å²) in [6, 6.07) is 15.4. The van der Waals surface area contributed by atoms with E-state index in [-0.39, 0.29) is 11.9 Å².